The van der Waals surface area contributed by atoms with Crippen LogP contribution in [0.25, 0.3) is 0 Å². The highest BCUT2D eigenvalue weighted by atomic mass is 16.5. The van der Waals surface area contributed by atoms with Gasteiger partial charge in [-0.15, -0.1) is 0 Å². The highest BCUT2D eigenvalue weighted by molar-refractivity contribution is 5.87. The summed E-state index contributed by atoms with van der Waals surface area (Å²) in [7, 11) is 0. The Bertz CT molecular complexity index is 422. The van der Waals surface area contributed by atoms with Crippen LogP contribution in [0.4, 0.5) is 0 Å². The van der Waals surface area contributed by atoms with Crippen molar-refractivity contribution in [3.63, 3.8) is 0 Å². The van der Waals surface area contributed by atoms with Crippen molar-refractivity contribution in [3.05, 3.63) is 47.3 Å². The zero-order valence-corrected chi connectivity index (χ0v) is 7.69. The molecule has 2 aliphatic carbocycles. The largest absolute Gasteiger partial charge is 0.496 e. The molecule has 0 aromatic heterocycles. The van der Waals surface area contributed by atoms with Crippen LogP contribution in [0.1, 0.15) is 6.42 Å². The summed E-state index contributed by atoms with van der Waals surface area (Å²) in [6, 6.07) is 0. The summed E-state index contributed by atoms with van der Waals surface area (Å²) in [5, 5.41) is 0. The van der Waals surface area contributed by atoms with Gasteiger partial charge in [-0.2, -0.15) is 0 Å². The second kappa shape index (κ2) is 2.71. The zero-order valence-electron chi connectivity index (χ0n) is 7.69. The summed E-state index contributed by atoms with van der Waals surface area (Å²) >= 11 is 0. The van der Waals surface area contributed by atoms with Crippen molar-refractivity contribution >= 4 is 5.78 Å². The quantitative estimate of drug-likeness (QED) is 0.577. The van der Waals surface area contributed by atoms with Crippen LogP contribution in [0.2, 0.25) is 0 Å². The van der Waals surface area contributed by atoms with Gasteiger partial charge < -0.3 is 4.74 Å². The fourth-order valence-corrected chi connectivity index (χ4v) is 2.10. The molecule has 2 heteroatoms. The Morgan fingerprint density at radius 3 is 3.21 bits per heavy atom. The van der Waals surface area contributed by atoms with Crippen LogP contribution in [0.3, 0.4) is 0 Å². The van der Waals surface area contributed by atoms with Gasteiger partial charge in [0.15, 0.2) is 5.78 Å². The fraction of sp³-hybridized carbons (Fsp3) is 0.250. The molecule has 3 rings (SSSR count). The Morgan fingerprint density at radius 1 is 1.36 bits per heavy atom. The molecule has 1 heterocycles. The molecular weight excluding hydrogens is 176 g/mol. The van der Waals surface area contributed by atoms with Gasteiger partial charge in [0, 0.05) is 12.0 Å². The van der Waals surface area contributed by atoms with E-state index in [1.54, 1.807) is 0 Å². The molecule has 70 valence electrons. The number of carbonyl (C=O) groups is 1. The molecule has 1 saturated heterocycles. The van der Waals surface area contributed by atoms with Crippen LogP contribution < -0.4 is 0 Å². The van der Waals surface area contributed by atoms with E-state index in [-0.39, 0.29) is 11.7 Å². The lowest BCUT2D eigenvalue weighted by Gasteiger charge is -2.27. The van der Waals surface area contributed by atoms with E-state index in [1.165, 1.54) is 0 Å². The number of ketones is 1. The maximum absolute atomic E-state index is 11.6. The third-order valence-corrected chi connectivity index (χ3v) is 2.82. The van der Waals surface area contributed by atoms with Crippen LogP contribution in [0, 0.1) is 5.92 Å². The molecule has 0 spiro atoms. The summed E-state index contributed by atoms with van der Waals surface area (Å²) in [4.78, 5) is 11.6. The maximum atomic E-state index is 11.6. The minimum absolute atomic E-state index is 0.126. The Balaban J connectivity index is 2.12. The average molecular weight is 186 g/mol. The maximum Gasteiger partial charge on any atom is 0.150 e. The number of carbonyl (C=O) groups excluding carboxylic acids is 1. The normalized spacial score (nSPS) is 28.4. The highest BCUT2D eigenvalue weighted by Crippen LogP contribution is 2.36. The van der Waals surface area contributed by atoms with Crippen LogP contribution >= 0.6 is 0 Å². The predicted octanol–water partition coefficient (Wildman–Crippen LogP) is 1.91. The smallest absolute Gasteiger partial charge is 0.150 e. The number of rotatable bonds is 0. The topological polar surface area (TPSA) is 26.3 Å². The zero-order chi connectivity index (χ0) is 9.54. The SMILES string of the molecule is O=C1CCOC2=C3C=CC=C3C=CC12. The third kappa shape index (κ3) is 0.939. The Morgan fingerprint density at radius 2 is 2.29 bits per heavy atom. The van der Waals surface area contributed by atoms with Gasteiger partial charge in [-0.1, -0.05) is 30.4 Å². The molecule has 0 bridgehead atoms. The van der Waals surface area contributed by atoms with E-state index in [0.717, 1.165) is 16.9 Å². The molecule has 1 fully saturated rings. The van der Waals surface area contributed by atoms with E-state index in [2.05, 4.69) is 0 Å². The molecule has 1 unspecified atom stereocenters. The highest BCUT2D eigenvalue weighted by Gasteiger charge is 2.31. The second-order valence-electron chi connectivity index (χ2n) is 3.66. The summed E-state index contributed by atoms with van der Waals surface area (Å²) in [6.07, 6.45) is 10.5. The van der Waals surface area contributed by atoms with Gasteiger partial charge in [-0.3, -0.25) is 4.79 Å². The summed E-state index contributed by atoms with van der Waals surface area (Å²) in [6.45, 7) is 0.531. The molecule has 0 aromatic carbocycles. The summed E-state index contributed by atoms with van der Waals surface area (Å²) in [5.41, 5.74) is 2.25. The van der Waals surface area contributed by atoms with Crippen molar-refractivity contribution in [1.82, 2.24) is 0 Å². The van der Waals surface area contributed by atoms with Crippen molar-refractivity contribution < 1.29 is 9.53 Å². The lowest BCUT2D eigenvalue weighted by molar-refractivity contribution is -0.125. The Labute approximate surface area is 82.3 Å². The van der Waals surface area contributed by atoms with Crippen LogP contribution in [0.15, 0.2) is 47.3 Å². The van der Waals surface area contributed by atoms with Crippen molar-refractivity contribution in [2.24, 2.45) is 5.92 Å². The minimum atomic E-state index is -0.126. The van der Waals surface area contributed by atoms with E-state index < -0.39 is 0 Å². The first-order chi connectivity index (χ1) is 6.86. The van der Waals surface area contributed by atoms with E-state index in [1.807, 2.05) is 30.4 Å². The van der Waals surface area contributed by atoms with Crippen LogP contribution in [-0.2, 0) is 9.53 Å². The number of Topliss-reactive ketones (excluding diaryl/α,β-unsaturated/α-hetero) is 1. The lowest BCUT2D eigenvalue weighted by Crippen LogP contribution is -2.26. The summed E-state index contributed by atoms with van der Waals surface area (Å²) < 4.78 is 5.58. The first-order valence-corrected chi connectivity index (χ1v) is 4.83. The van der Waals surface area contributed by atoms with Gasteiger partial charge >= 0.3 is 0 Å². The number of allylic oxidation sites excluding steroid dienone is 7. The average Bonchev–Trinajstić information content (AvgIpc) is 2.66. The minimum Gasteiger partial charge on any atom is -0.496 e. The second-order valence-corrected chi connectivity index (χ2v) is 3.66. The van der Waals surface area contributed by atoms with Gasteiger partial charge in [0.1, 0.15) is 5.76 Å². The van der Waals surface area contributed by atoms with E-state index in [0.29, 0.717) is 13.0 Å². The molecule has 0 amide bonds. The first-order valence-electron chi connectivity index (χ1n) is 4.83. The monoisotopic (exact) mass is 186 g/mol. The van der Waals surface area contributed by atoms with Gasteiger partial charge in [0.2, 0.25) is 0 Å². The summed E-state index contributed by atoms with van der Waals surface area (Å²) in [5.74, 6) is 0.997. The molecular formula is C12H10O2. The lowest BCUT2D eigenvalue weighted by atomic mass is 9.87. The van der Waals surface area contributed by atoms with Gasteiger partial charge in [0.05, 0.1) is 12.5 Å². The molecule has 2 nitrogen and oxygen atoms in total. The Kier molecular flexibility index (Phi) is 1.51. The molecule has 0 aromatic rings. The van der Waals surface area contributed by atoms with E-state index in [4.69, 9.17) is 4.74 Å². The fourth-order valence-electron chi connectivity index (χ4n) is 2.10. The van der Waals surface area contributed by atoms with Crippen molar-refractivity contribution in [1.29, 1.82) is 0 Å². The molecule has 0 N–H and O–H groups in total. The van der Waals surface area contributed by atoms with Gasteiger partial charge in [-0.25, -0.2) is 0 Å². The van der Waals surface area contributed by atoms with E-state index >= 15 is 0 Å². The number of fused-ring (bicyclic) bond motifs is 2. The molecule has 14 heavy (non-hydrogen) atoms. The standard InChI is InChI=1S/C12H10O2/c13-11-6-7-14-12-9-3-1-2-8(9)4-5-10(11)12/h1-5,10H,6-7H2. The number of hydrogen-bond donors (Lipinski definition) is 0. The third-order valence-electron chi connectivity index (χ3n) is 2.82. The van der Waals surface area contributed by atoms with Gasteiger partial charge in [-0.05, 0) is 5.57 Å². The van der Waals surface area contributed by atoms with Crippen molar-refractivity contribution in [3.8, 4) is 0 Å². The number of hydrogen-bond acceptors (Lipinski definition) is 2. The molecule has 1 aliphatic heterocycles. The molecule has 3 aliphatic rings. The van der Waals surface area contributed by atoms with Crippen LogP contribution in [0.5, 0.6) is 0 Å². The first kappa shape index (κ1) is 7.80. The van der Waals surface area contributed by atoms with E-state index in [9.17, 15) is 4.79 Å². The molecule has 0 saturated carbocycles. The van der Waals surface area contributed by atoms with Crippen LogP contribution in [-0.4, -0.2) is 12.4 Å². The van der Waals surface area contributed by atoms with Crippen molar-refractivity contribution in [2.75, 3.05) is 6.61 Å². The number of ether oxygens (including phenoxy) is 1. The van der Waals surface area contributed by atoms with Crippen molar-refractivity contribution in [2.45, 2.75) is 6.42 Å². The van der Waals surface area contributed by atoms with Gasteiger partial charge in [0.25, 0.3) is 0 Å². The Hall–Kier alpha value is -1.57. The molecule has 0 radical (unpaired) electrons. The molecule has 1 atom stereocenters. The predicted molar refractivity (Wildman–Crippen MR) is 52.5 cm³/mol.